The first-order valence-corrected chi connectivity index (χ1v) is 8.54. The summed E-state index contributed by atoms with van der Waals surface area (Å²) in [7, 11) is 0. The van der Waals surface area contributed by atoms with Crippen LogP contribution in [0.25, 0.3) is 23.0 Å². The second-order valence-electron chi connectivity index (χ2n) is 5.77. The van der Waals surface area contributed by atoms with Gasteiger partial charge in [0.2, 0.25) is 11.7 Å². The van der Waals surface area contributed by atoms with E-state index in [9.17, 15) is 13.2 Å². The van der Waals surface area contributed by atoms with E-state index in [1.807, 2.05) is 0 Å². The normalized spacial score (nSPS) is 11.4. The Morgan fingerprint density at radius 2 is 1.72 bits per heavy atom. The van der Waals surface area contributed by atoms with Crippen LogP contribution in [0.4, 0.5) is 13.2 Å². The summed E-state index contributed by atoms with van der Waals surface area (Å²) >= 11 is 5.87. The van der Waals surface area contributed by atoms with Crippen LogP contribution < -0.4 is 4.74 Å². The maximum absolute atomic E-state index is 12.9. The number of benzene rings is 2. The zero-order valence-electron chi connectivity index (χ0n) is 14.4. The molecule has 0 spiro atoms. The minimum Gasteiger partial charge on any atom is -0.437 e. The average molecular weight is 419 g/mol. The molecule has 0 aliphatic rings. The van der Waals surface area contributed by atoms with E-state index in [1.165, 1.54) is 24.5 Å². The fourth-order valence-corrected chi connectivity index (χ4v) is 2.56. The van der Waals surface area contributed by atoms with E-state index in [2.05, 4.69) is 20.1 Å². The molecular formula is C19H10ClF3N4O2. The third kappa shape index (κ3) is 4.19. The monoisotopic (exact) mass is 418 g/mol. The minimum atomic E-state index is -4.49. The van der Waals surface area contributed by atoms with Gasteiger partial charge in [-0.15, -0.1) is 0 Å². The summed E-state index contributed by atoms with van der Waals surface area (Å²) in [4.78, 5) is 12.4. The van der Waals surface area contributed by atoms with E-state index in [-0.39, 0.29) is 29.0 Å². The molecule has 0 aliphatic heterocycles. The predicted octanol–water partition coefficient (Wildman–Crippen LogP) is 5.66. The van der Waals surface area contributed by atoms with Crippen LogP contribution >= 0.6 is 11.6 Å². The lowest BCUT2D eigenvalue weighted by Crippen LogP contribution is -2.04. The highest BCUT2D eigenvalue weighted by molar-refractivity contribution is 6.30. The van der Waals surface area contributed by atoms with E-state index >= 15 is 0 Å². The molecule has 6 nitrogen and oxygen atoms in total. The molecule has 0 bridgehead atoms. The zero-order valence-corrected chi connectivity index (χ0v) is 15.1. The Kier molecular flexibility index (Phi) is 4.89. The molecule has 2 heterocycles. The highest BCUT2D eigenvalue weighted by Gasteiger charge is 2.30. The van der Waals surface area contributed by atoms with Gasteiger partial charge in [0.15, 0.2) is 5.69 Å². The van der Waals surface area contributed by atoms with Gasteiger partial charge in [-0.1, -0.05) is 22.8 Å². The highest BCUT2D eigenvalue weighted by Crippen LogP contribution is 2.34. The molecule has 0 N–H and O–H groups in total. The van der Waals surface area contributed by atoms with Crippen molar-refractivity contribution in [2.75, 3.05) is 0 Å². The van der Waals surface area contributed by atoms with E-state index in [0.717, 1.165) is 12.1 Å². The summed E-state index contributed by atoms with van der Waals surface area (Å²) in [6, 6.07) is 11.2. The van der Waals surface area contributed by atoms with Gasteiger partial charge in [-0.05, 0) is 42.5 Å². The largest absolute Gasteiger partial charge is 0.437 e. The molecule has 0 saturated carbocycles. The van der Waals surface area contributed by atoms with Gasteiger partial charge in [0, 0.05) is 23.0 Å². The number of ether oxygens (including phenoxy) is 1. The Balaban J connectivity index is 1.65. The standard InChI is InChI=1S/C19H10ClF3N4O2/c20-13-6-4-11(5-7-13)17-26-16(27-29-17)15-18(25-9-8-24-15)28-14-3-1-2-12(10-14)19(21,22)23/h1-10H. The summed E-state index contributed by atoms with van der Waals surface area (Å²) < 4.78 is 49.5. The van der Waals surface area contributed by atoms with Gasteiger partial charge in [-0.25, -0.2) is 9.97 Å². The molecule has 146 valence electrons. The van der Waals surface area contributed by atoms with Crippen molar-refractivity contribution in [3.63, 3.8) is 0 Å². The smallest absolute Gasteiger partial charge is 0.416 e. The van der Waals surface area contributed by atoms with Crippen LogP contribution in [0.15, 0.2) is 65.4 Å². The quantitative estimate of drug-likeness (QED) is 0.426. The van der Waals surface area contributed by atoms with Gasteiger partial charge in [-0.3, -0.25) is 0 Å². The molecule has 4 rings (SSSR count). The minimum absolute atomic E-state index is 0.0528. The Morgan fingerprint density at radius 1 is 0.966 bits per heavy atom. The SMILES string of the molecule is FC(F)(F)c1cccc(Oc2nccnc2-c2noc(-c3ccc(Cl)cc3)n2)c1. The first-order chi connectivity index (χ1) is 13.9. The van der Waals surface area contributed by atoms with Crippen molar-refractivity contribution in [3.8, 4) is 34.6 Å². The number of halogens is 4. The first kappa shape index (κ1) is 18.9. The van der Waals surface area contributed by atoms with Crippen LogP contribution in [-0.2, 0) is 6.18 Å². The maximum Gasteiger partial charge on any atom is 0.416 e. The first-order valence-electron chi connectivity index (χ1n) is 8.16. The van der Waals surface area contributed by atoms with Crippen molar-refractivity contribution in [1.82, 2.24) is 20.1 Å². The topological polar surface area (TPSA) is 73.9 Å². The number of hydrogen-bond acceptors (Lipinski definition) is 6. The summed E-state index contributed by atoms with van der Waals surface area (Å²) in [6.45, 7) is 0. The highest BCUT2D eigenvalue weighted by atomic mass is 35.5. The number of nitrogens with zero attached hydrogens (tertiary/aromatic N) is 4. The molecule has 0 radical (unpaired) electrons. The fourth-order valence-electron chi connectivity index (χ4n) is 2.43. The second kappa shape index (κ2) is 7.51. The zero-order chi connectivity index (χ0) is 20.4. The average Bonchev–Trinajstić information content (AvgIpc) is 3.18. The van der Waals surface area contributed by atoms with Crippen LogP contribution in [0.5, 0.6) is 11.6 Å². The summed E-state index contributed by atoms with van der Waals surface area (Å²) in [5.74, 6) is 0.177. The lowest BCUT2D eigenvalue weighted by molar-refractivity contribution is -0.137. The van der Waals surface area contributed by atoms with Crippen LogP contribution in [0.3, 0.4) is 0 Å². The molecule has 10 heteroatoms. The summed E-state index contributed by atoms with van der Waals surface area (Å²) in [5, 5.41) is 4.42. The van der Waals surface area contributed by atoms with Crippen LogP contribution in [0.2, 0.25) is 5.02 Å². The number of aromatic nitrogens is 4. The van der Waals surface area contributed by atoms with Crippen molar-refractivity contribution in [1.29, 1.82) is 0 Å². The number of alkyl halides is 3. The van der Waals surface area contributed by atoms with E-state index in [4.69, 9.17) is 20.9 Å². The lowest BCUT2D eigenvalue weighted by Gasteiger charge is -2.10. The van der Waals surface area contributed by atoms with Crippen molar-refractivity contribution in [2.45, 2.75) is 6.18 Å². The summed E-state index contributed by atoms with van der Waals surface area (Å²) in [5.41, 5.74) is -0.0868. The molecule has 2 aromatic heterocycles. The van der Waals surface area contributed by atoms with Crippen molar-refractivity contribution < 1.29 is 22.4 Å². The molecule has 0 saturated heterocycles. The van der Waals surface area contributed by atoms with E-state index in [0.29, 0.717) is 10.6 Å². The van der Waals surface area contributed by atoms with Crippen LogP contribution in [0, 0.1) is 0 Å². The van der Waals surface area contributed by atoms with Gasteiger partial charge >= 0.3 is 6.18 Å². The third-order valence-electron chi connectivity index (χ3n) is 3.77. The predicted molar refractivity (Wildman–Crippen MR) is 97.3 cm³/mol. The Morgan fingerprint density at radius 3 is 2.48 bits per heavy atom. The second-order valence-corrected chi connectivity index (χ2v) is 6.20. The molecule has 0 amide bonds. The van der Waals surface area contributed by atoms with Gasteiger partial charge in [0.05, 0.1) is 5.56 Å². The Bertz CT molecular complexity index is 1150. The maximum atomic E-state index is 12.9. The number of hydrogen-bond donors (Lipinski definition) is 0. The van der Waals surface area contributed by atoms with Gasteiger partial charge in [-0.2, -0.15) is 18.2 Å². The fraction of sp³-hybridized carbons (Fsp3) is 0.0526. The molecule has 4 aromatic rings. The molecular weight excluding hydrogens is 409 g/mol. The lowest BCUT2D eigenvalue weighted by atomic mass is 10.2. The molecule has 29 heavy (non-hydrogen) atoms. The van der Waals surface area contributed by atoms with E-state index in [1.54, 1.807) is 24.3 Å². The Hall–Kier alpha value is -3.46. The molecule has 0 aliphatic carbocycles. The van der Waals surface area contributed by atoms with E-state index < -0.39 is 11.7 Å². The van der Waals surface area contributed by atoms with Crippen LogP contribution in [0.1, 0.15) is 5.56 Å². The molecule has 0 unspecified atom stereocenters. The van der Waals surface area contributed by atoms with Crippen molar-refractivity contribution in [2.24, 2.45) is 0 Å². The van der Waals surface area contributed by atoms with Gasteiger partial charge in [0.1, 0.15) is 5.75 Å². The van der Waals surface area contributed by atoms with Crippen molar-refractivity contribution in [3.05, 3.63) is 71.5 Å². The Labute approximate surface area is 167 Å². The molecule has 2 aromatic carbocycles. The molecule has 0 fully saturated rings. The molecule has 0 atom stereocenters. The van der Waals surface area contributed by atoms with Crippen molar-refractivity contribution >= 4 is 11.6 Å². The van der Waals surface area contributed by atoms with Crippen LogP contribution in [-0.4, -0.2) is 20.1 Å². The van der Waals surface area contributed by atoms with Gasteiger partial charge < -0.3 is 9.26 Å². The summed E-state index contributed by atoms with van der Waals surface area (Å²) in [6.07, 6.45) is -1.77. The third-order valence-corrected chi connectivity index (χ3v) is 4.02. The van der Waals surface area contributed by atoms with Gasteiger partial charge in [0.25, 0.3) is 5.89 Å². The number of rotatable bonds is 4.